The molecule has 0 fully saturated rings. The second-order valence-corrected chi connectivity index (χ2v) is 6.40. The van der Waals surface area contributed by atoms with Crippen LogP contribution in [0.3, 0.4) is 0 Å². The van der Waals surface area contributed by atoms with Gasteiger partial charge >= 0.3 is 0 Å². The first kappa shape index (κ1) is 14.4. The molecule has 0 bridgehead atoms. The fraction of sp³-hybridized carbons (Fsp3) is 0.500. The molecule has 0 spiro atoms. The molecule has 0 saturated heterocycles. The molecular weight excluding hydrogens is 256 g/mol. The van der Waals surface area contributed by atoms with Gasteiger partial charge in [0.1, 0.15) is 15.5 Å². The topological polar surface area (TPSA) is 115 Å². The number of rotatable bonds is 4. The molecule has 0 radical (unpaired) electrons. The Kier molecular flexibility index (Phi) is 4.23. The molecule has 18 heavy (non-hydrogen) atoms. The molecule has 1 aromatic rings. The largest absolute Gasteiger partial charge is 0.368 e. The average molecular weight is 272 g/mol. The van der Waals surface area contributed by atoms with E-state index in [9.17, 15) is 13.2 Å². The van der Waals surface area contributed by atoms with Gasteiger partial charge < -0.3 is 11.1 Å². The maximum absolute atomic E-state index is 11.8. The van der Waals surface area contributed by atoms with Gasteiger partial charge in [0.2, 0.25) is 5.95 Å². The summed E-state index contributed by atoms with van der Waals surface area (Å²) >= 11 is 0. The standard InChI is InChI=1S/C10H16N4O3S/c1-6-4-8(14-10(11)13-6)9(15)12-7(2)5-18(3,16)17/h4,7H,5H2,1-3H3,(H,12,15)(H2,11,13,14). The van der Waals surface area contributed by atoms with Crippen molar-refractivity contribution in [2.75, 3.05) is 17.7 Å². The number of aromatic nitrogens is 2. The van der Waals surface area contributed by atoms with E-state index in [2.05, 4.69) is 15.3 Å². The fourth-order valence-electron chi connectivity index (χ4n) is 1.50. The summed E-state index contributed by atoms with van der Waals surface area (Å²) in [6, 6.07) is 0.989. The van der Waals surface area contributed by atoms with Crippen LogP contribution in [0, 0.1) is 6.92 Å². The van der Waals surface area contributed by atoms with Gasteiger partial charge in [-0.25, -0.2) is 18.4 Å². The maximum atomic E-state index is 11.8. The number of nitrogen functional groups attached to an aromatic ring is 1. The van der Waals surface area contributed by atoms with Gasteiger partial charge in [-0.05, 0) is 19.9 Å². The number of carbonyl (C=O) groups is 1. The van der Waals surface area contributed by atoms with E-state index in [-0.39, 0.29) is 17.4 Å². The number of nitrogens with zero attached hydrogens (tertiary/aromatic N) is 2. The molecule has 1 amide bonds. The van der Waals surface area contributed by atoms with Crippen LogP contribution in [0.4, 0.5) is 5.95 Å². The van der Waals surface area contributed by atoms with E-state index in [0.29, 0.717) is 5.69 Å². The number of hydrogen-bond acceptors (Lipinski definition) is 6. The second-order valence-electron chi connectivity index (χ2n) is 4.22. The summed E-state index contributed by atoms with van der Waals surface area (Å²) in [5, 5.41) is 2.54. The third-order valence-electron chi connectivity index (χ3n) is 2.03. The van der Waals surface area contributed by atoms with E-state index in [1.165, 1.54) is 6.07 Å². The number of aryl methyl sites for hydroxylation is 1. The van der Waals surface area contributed by atoms with Crippen LogP contribution in [-0.2, 0) is 9.84 Å². The first-order valence-electron chi connectivity index (χ1n) is 5.27. The van der Waals surface area contributed by atoms with Gasteiger partial charge in [0.15, 0.2) is 0 Å². The van der Waals surface area contributed by atoms with Gasteiger partial charge in [-0.15, -0.1) is 0 Å². The lowest BCUT2D eigenvalue weighted by Crippen LogP contribution is -2.37. The molecule has 0 aliphatic rings. The van der Waals surface area contributed by atoms with Crippen LogP contribution < -0.4 is 11.1 Å². The number of nitrogens with two attached hydrogens (primary N) is 1. The van der Waals surface area contributed by atoms with Gasteiger partial charge in [-0.3, -0.25) is 4.79 Å². The average Bonchev–Trinajstić information content (AvgIpc) is 2.12. The van der Waals surface area contributed by atoms with Crippen LogP contribution in [0.25, 0.3) is 0 Å². The van der Waals surface area contributed by atoms with Crippen molar-refractivity contribution in [3.63, 3.8) is 0 Å². The summed E-state index contributed by atoms with van der Waals surface area (Å²) in [5.41, 5.74) is 6.13. The Balaban J connectivity index is 2.76. The highest BCUT2D eigenvalue weighted by atomic mass is 32.2. The number of amides is 1. The Bertz CT molecular complexity index is 536. The van der Waals surface area contributed by atoms with Crippen molar-refractivity contribution in [3.8, 4) is 0 Å². The van der Waals surface area contributed by atoms with Crippen LogP contribution in [0.1, 0.15) is 23.1 Å². The van der Waals surface area contributed by atoms with E-state index in [4.69, 9.17) is 5.73 Å². The molecule has 0 aliphatic carbocycles. The van der Waals surface area contributed by atoms with E-state index < -0.39 is 21.8 Å². The molecule has 3 N–H and O–H groups in total. The Hall–Kier alpha value is -1.70. The number of carbonyl (C=O) groups excluding carboxylic acids is 1. The molecule has 1 atom stereocenters. The van der Waals surface area contributed by atoms with Gasteiger partial charge in [-0.2, -0.15) is 0 Å². The minimum Gasteiger partial charge on any atom is -0.368 e. The summed E-state index contributed by atoms with van der Waals surface area (Å²) in [7, 11) is -3.14. The van der Waals surface area contributed by atoms with Gasteiger partial charge in [0, 0.05) is 18.0 Å². The predicted molar refractivity (Wildman–Crippen MR) is 67.8 cm³/mol. The van der Waals surface area contributed by atoms with Gasteiger partial charge in [0.25, 0.3) is 5.91 Å². The second kappa shape index (κ2) is 5.30. The quantitative estimate of drug-likeness (QED) is 0.765. The smallest absolute Gasteiger partial charge is 0.270 e. The van der Waals surface area contributed by atoms with E-state index in [0.717, 1.165) is 6.26 Å². The monoisotopic (exact) mass is 272 g/mol. The molecule has 0 saturated carbocycles. The van der Waals surface area contributed by atoms with Crippen molar-refractivity contribution >= 4 is 21.7 Å². The van der Waals surface area contributed by atoms with E-state index in [1.54, 1.807) is 13.8 Å². The van der Waals surface area contributed by atoms with Crippen LogP contribution in [0.2, 0.25) is 0 Å². The molecule has 1 heterocycles. The lowest BCUT2D eigenvalue weighted by atomic mass is 10.3. The highest BCUT2D eigenvalue weighted by Gasteiger charge is 2.15. The Morgan fingerprint density at radius 2 is 2.11 bits per heavy atom. The highest BCUT2D eigenvalue weighted by molar-refractivity contribution is 7.90. The van der Waals surface area contributed by atoms with Crippen molar-refractivity contribution in [1.82, 2.24) is 15.3 Å². The highest BCUT2D eigenvalue weighted by Crippen LogP contribution is 2.02. The number of anilines is 1. The summed E-state index contributed by atoms with van der Waals surface area (Å²) in [6.07, 6.45) is 1.11. The van der Waals surface area contributed by atoms with E-state index >= 15 is 0 Å². The first-order chi connectivity index (χ1) is 8.17. The fourth-order valence-corrected chi connectivity index (χ4v) is 2.49. The molecule has 1 rings (SSSR count). The Morgan fingerprint density at radius 3 is 2.61 bits per heavy atom. The molecule has 1 unspecified atom stereocenters. The molecule has 100 valence electrons. The van der Waals surface area contributed by atoms with Gasteiger partial charge in [-0.1, -0.05) is 0 Å². The number of nitrogens with one attached hydrogen (secondary N) is 1. The van der Waals surface area contributed by atoms with Crippen LogP contribution in [0.5, 0.6) is 0 Å². The summed E-state index contributed by atoms with van der Waals surface area (Å²) in [5.74, 6) is -0.586. The molecule has 0 aromatic carbocycles. The zero-order chi connectivity index (χ0) is 13.9. The molecule has 8 heteroatoms. The third-order valence-corrected chi connectivity index (χ3v) is 3.14. The van der Waals surface area contributed by atoms with Crippen LogP contribution in [-0.4, -0.2) is 42.3 Å². The Labute approximate surface area is 106 Å². The lowest BCUT2D eigenvalue weighted by Gasteiger charge is -2.12. The van der Waals surface area contributed by atoms with E-state index in [1.807, 2.05) is 0 Å². The zero-order valence-corrected chi connectivity index (χ0v) is 11.3. The predicted octanol–water partition coefficient (Wildman–Crippen LogP) is -0.470. The molecule has 0 aliphatic heterocycles. The number of sulfone groups is 1. The lowest BCUT2D eigenvalue weighted by molar-refractivity contribution is 0.0938. The van der Waals surface area contributed by atoms with Crippen molar-refractivity contribution in [1.29, 1.82) is 0 Å². The minimum atomic E-state index is -3.14. The SMILES string of the molecule is Cc1cc(C(=O)NC(C)CS(C)(=O)=O)nc(N)n1. The van der Waals surface area contributed by atoms with Crippen molar-refractivity contribution < 1.29 is 13.2 Å². The van der Waals surface area contributed by atoms with Gasteiger partial charge in [0.05, 0.1) is 5.75 Å². The molecule has 1 aromatic heterocycles. The third kappa shape index (κ3) is 4.66. The van der Waals surface area contributed by atoms with Crippen LogP contribution in [0.15, 0.2) is 6.07 Å². The van der Waals surface area contributed by atoms with Crippen molar-refractivity contribution in [2.24, 2.45) is 0 Å². The zero-order valence-electron chi connectivity index (χ0n) is 10.5. The van der Waals surface area contributed by atoms with Crippen molar-refractivity contribution in [3.05, 3.63) is 17.5 Å². The summed E-state index contributed by atoms with van der Waals surface area (Å²) < 4.78 is 22.1. The maximum Gasteiger partial charge on any atom is 0.270 e. The summed E-state index contributed by atoms with van der Waals surface area (Å²) in [4.78, 5) is 19.4. The number of hydrogen-bond donors (Lipinski definition) is 2. The first-order valence-corrected chi connectivity index (χ1v) is 7.33. The van der Waals surface area contributed by atoms with Crippen molar-refractivity contribution in [2.45, 2.75) is 19.9 Å². The Morgan fingerprint density at radius 1 is 1.50 bits per heavy atom. The molecular formula is C10H16N4O3S. The summed E-state index contributed by atoms with van der Waals surface area (Å²) in [6.45, 7) is 3.30. The van der Waals surface area contributed by atoms with Crippen LogP contribution >= 0.6 is 0 Å². The minimum absolute atomic E-state index is 0.0101. The normalized spacial score (nSPS) is 13.1. The molecule has 7 nitrogen and oxygen atoms in total.